The van der Waals surface area contributed by atoms with E-state index in [4.69, 9.17) is 9.47 Å². The molecule has 0 unspecified atom stereocenters. The van der Waals surface area contributed by atoms with Gasteiger partial charge in [-0.2, -0.15) is 0 Å². The third-order valence-electron chi connectivity index (χ3n) is 6.42. The minimum Gasteiger partial charge on any atom is -0.493 e. The van der Waals surface area contributed by atoms with Crippen molar-refractivity contribution in [3.05, 3.63) is 83.4 Å². The van der Waals surface area contributed by atoms with Gasteiger partial charge < -0.3 is 25.0 Å². The summed E-state index contributed by atoms with van der Waals surface area (Å²) >= 11 is 0. The van der Waals surface area contributed by atoms with Crippen LogP contribution in [0.15, 0.2) is 66.7 Å². The van der Waals surface area contributed by atoms with Gasteiger partial charge in [-0.25, -0.2) is 0 Å². The van der Waals surface area contributed by atoms with E-state index in [9.17, 15) is 4.79 Å². The van der Waals surface area contributed by atoms with E-state index in [0.29, 0.717) is 22.8 Å². The van der Waals surface area contributed by atoms with Crippen LogP contribution in [0.25, 0.3) is 11.3 Å². The van der Waals surface area contributed by atoms with E-state index in [2.05, 4.69) is 53.6 Å². The van der Waals surface area contributed by atoms with E-state index in [1.165, 1.54) is 5.56 Å². The number of rotatable bonds is 10. The molecule has 0 radical (unpaired) electrons. The molecule has 0 spiro atoms. The molecule has 0 bridgehead atoms. The lowest BCUT2D eigenvalue weighted by atomic mass is 9.99. The predicted molar refractivity (Wildman–Crippen MR) is 143 cm³/mol. The number of anilines is 2. The second-order valence-electron chi connectivity index (χ2n) is 8.42. The number of ether oxygens (including phenoxy) is 2. The number of fused-ring (bicyclic) bond motifs is 1. The molecule has 1 heterocycles. The first-order chi connectivity index (χ1) is 17.1. The first kappa shape index (κ1) is 24.4. The molecule has 4 rings (SSSR count). The highest BCUT2D eigenvalue weighted by Gasteiger charge is 2.30. The number of nitrogens with one attached hydrogen (secondary N) is 2. The molecule has 2 N–H and O–H groups in total. The quantitative estimate of drug-likeness (QED) is 0.381. The van der Waals surface area contributed by atoms with Gasteiger partial charge in [-0.3, -0.25) is 4.79 Å². The highest BCUT2D eigenvalue weighted by atomic mass is 16.5. The predicted octanol–water partition coefficient (Wildman–Crippen LogP) is 5.52. The van der Waals surface area contributed by atoms with Crippen molar-refractivity contribution in [2.45, 2.75) is 20.3 Å². The first-order valence-electron chi connectivity index (χ1n) is 12.0. The third-order valence-corrected chi connectivity index (χ3v) is 6.42. The van der Waals surface area contributed by atoms with E-state index in [1.54, 1.807) is 20.3 Å². The molecule has 6 nitrogen and oxygen atoms in total. The van der Waals surface area contributed by atoms with Crippen molar-refractivity contribution in [2.24, 2.45) is 0 Å². The lowest BCUT2D eigenvalue weighted by molar-refractivity contribution is -0.110. The molecule has 182 valence electrons. The number of carbonyl (C=O) groups is 1. The topological polar surface area (TPSA) is 62.8 Å². The van der Waals surface area contributed by atoms with Gasteiger partial charge in [-0.15, -0.1) is 0 Å². The molecular weight excluding hydrogens is 438 g/mol. The van der Waals surface area contributed by atoms with Gasteiger partial charge in [0.05, 0.1) is 31.2 Å². The van der Waals surface area contributed by atoms with Crippen LogP contribution in [0.1, 0.15) is 30.5 Å². The van der Waals surface area contributed by atoms with Crippen molar-refractivity contribution in [3.63, 3.8) is 0 Å². The Balaban J connectivity index is 1.71. The highest BCUT2D eigenvalue weighted by molar-refractivity contribution is 6.37. The number of hydrogen-bond donors (Lipinski definition) is 2. The summed E-state index contributed by atoms with van der Waals surface area (Å²) in [5, 5.41) is 6.51. The molecule has 1 amide bonds. The lowest BCUT2D eigenvalue weighted by Gasteiger charge is -2.18. The Labute approximate surface area is 207 Å². The zero-order valence-corrected chi connectivity index (χ0v) is 20.9. The fourth-order valence-electron chi connectivity index (χ4n) is 4.35. The fraction of sp³-hybridized carbons (Fsp3) is 0.276. The average Bonchev–Trinajstić information content (AvgIpc) is 3.22. The van der Waals surface area contributed by atoms with Gasteiger partial charge in [0.25, 0.3) is 5.91 Å². The van der Waals surface area contributed by atoms with E-state index in [0.717, 1.165) is 48.6 Å². The maximum atomic E-state index is 13.2. The van der Waals surface area contributed by atoms with Gasteiger partial charge >= 0.3 is 0 Å². The van der Waals surface area contributed by atoms with E-state index < -0.39 is 0 Å². The minimum atomic E-state index is -0.169. The molecule has 0 aliphatic carbocycles. The Morgan fingerprint density at radius 1 is 0.914 bits per heavy atom. The number of likely N-dealkylation sites (N-methyl/N-ethyl adjacent to an activating group) is 1. The summed E-state index contributed by atoms with van der Waals surface area (Å²) in [7, 11) is 3.18. The van der Waals surface area contributed by atoms with Gasteiger partial charge in [0.1, 0.15) is 0 Å². The number of nitrogens with zero attached hydrogens (tertiary/aromatic N) is 1. The molecule has 1 aliphatic heterocycles. The summed E-state index contributed by atoms with van der Waals surface area (Å²) in [6.45, 7) is 7.55. The van der Waals surface area contributed by atoms with E-state index in [-0.39, 0.29) is 5.91 Å². The van der Waals surface area contributed by atoms with Gasteiger partial charge in [0, 0.05) is 23.9 Å². The first-order valence-corrected chi connectivity index (χ1v) is 12.0. The summed E-state index contributed by atoms with van der Waals surface area (Å²) in [5.41, 5.74) is 5.91. The van der Waals surface area contributed by atoms with Crippen LogP contribution in [-0.2, 0) is 11.2 Å². The summed E-state index contributed by atoms with van der Waals surface area (Å²) < 4.78 is 10.9. The molecule has 6 heteroatoms. The fourth-order valence-corrected chi connectivity index (χ4v) is 4.35. The number of carbonyl (C=O) groups excluding carboxylic acids is 1. The Kier molecular flexibility index (Phi) is 7.73. The summed E-state index contributed by atoms with van der Waals surface area (Å²) in [4.78, 5) is 15.6. The van der Waals surface area contributed by atoms with E-state index >= 15 is 0 Å². The monoisotopic (exact) mass is 471 g/mol. The largest absolute Gasteiger partial charge is 0.493 e. The van der Waals surface area contributed by atoms with Crippen molar-refractivity contribution in [1.82, 2.24) is 4.90 Å². The van der Waals surface area contributed by atoms with Crippen LogP contribution in [0.3, 0.4) is 0 Å². The maximum absolute atomic E-state index is 13.2. The SMILES string of the molecule is CCN(CC)CCc1ccc(NC(=C2C(=O)Nc3cc(OC)c(OC)cc32)c2ccccc2)cc1. The van der Waals surface area contributed by atoms with Gasteiger partial charge in [0.15, 0.2) is 11.5 Å². The van der Waals surface area contributed by atoms with Crippen LogP contribution in [0.4, 0.5) is 11.4 Å². The summed E-state index contributed by atoms with van der Waals surface area (Å²) in [6.07, 6.45) is 1.01. The number of amides is 1. The van der Waals surface area contributed by atoms with Gasteiger partial charge in [-0.05, 0) is 48.8 Å². The molecule has 0 atom stereocenters. The maximum Gasteiger partial charge on any atom is 0.258 e. The van der Waals surface area contributed by atoms with Crippen LogP contribution in [0.5, 0.6) is 11.5 Å². The van der Waals surface area contributed by atoms with Crippen molar-refractivity contribution in [2.75, 3.05) is 44.5 Å². The minimum absolute atomic E-state index is 0.169. The van der Waals surface area contributed by atoms with Crippen molar-refractivity contribution >= 4 is 28.6 Å². The van der Waals surface area contributed by atoms with Crippen LogP contribution in [0.2, 0.25) is 0 Å². The molecule has 0 aromatic heterocycles. The zero-order valence-electron chi connectivity index (χ0n) is 20.9. The normalized spacial score (nSPS) is 13.9. The van der Waals surface area contributed by atoms with E-state index in [1.807, 2.05) is 36.4 Å². The molecule has 0 saturated heterocycles. The Morgan fingerprint density at radius 2 is 1.57 bits per heavy atom. The van der Waals surface area contributed by atoms with Gasteiger partial charge in [-0.1, -0.05) is 56.3 Å². The molecular formula is C29H33N3O3. The molecule has 1 aliphatic rings. The number of methoxy groups -OCH3 is 2. The van der Waals surface area contributed by atoms with Crippen LogP contribution in [-0.4, -0.2) is 44.7 Å². The van der Waals surface area contributed by atoms with Crippen LogP contribution >= 0.6 is 0 Å². The Bertz CT molecular complexity index is 1200. The molecule has 0 saturated carbocycles. The highest BCUT2D eigenvalue weighted by Crippen LogP contribution is 2.43. The smallest absolute Gasteiger partial charge is 0.258 e. The lowest BCUT2D eigenvalue weighted by Crippen LogP contribution is -2.25. The molecule has 35 heavy (non-hydrogen) atoms. The Hall–Kier alpha value is -3.77. The second-order valence-corrected chi connectivity index (χ2v) is 8.42. The molecule has 3 aromatic carbocycles. The van der Waals surface area contributed by atoms with Crippen molar-refractivity contribution in [1.29, 1.82) is 0 Å². The summed E-state index contributed by atoms with van der Waals surface area (Å²) in [5.74, 6) is 0.977. The Morgan fingerprint density at radius 3 is 2.20 bits per heavy atom. The zero-order chi connectivity index (χ0) is 24.8. The van der Waals surface area contributed by atoms with Crippen LogP contribution in [0, 0.1) is 0 Å². The standard InChI is InChI=1S/C29H33N3O3/c1-5-32(6-2)17-16-20-12-14-22(15-13-20)30-28(21-10-8-7-9-11-21)27-23-18-25(34-3)26(35-4)19-24(23)31-29(27)33/h7-15,18-19,30H,5-6,16-17H2,1-4H3,(H,31,33). The van der Waals surface area contributed by atoms with Gasteiger partial charge in [0.2, 0.25) is 0 Å². The van der Waals surface area contributed by atoms with Crippen molar-refractivity contribution < 1.29 is 14.3 Å². The molecule has 3 aromatic rings. The van der Waals surface area contributed by atoms with Crippen LogP contribution < -0.4 is 20.1 Å². The number of hydrogen-bond acceptors (Lipinski definition) is 5. The molecule has 0 fully saturated rings. The van der Waals surface area contributed by atoms with Crippen molar-refractivity contribution in [3.8, 4) is 11.5 Å². The third kappa shape index (κ3) is 5.33. The number of benzene rings is 3. The summed E-state index contributed by atoms with van der Waals surface area (Å²) in [6, 6.07) is 22.0. The second kappa shape index (κ2) is 11.1. The average molecular weight is 472 g/mol.